The molecule has 4 aromatic carbocycles. The smallest absolute Gasteiger partial charge is 0.264 e. The molecule has 0 bridgehead atoms. The van der Waals surface area contributed by atoms with E-state index in [-0.39, 0.29) is 29.8 Å². The summed E-state index contributed by atoms with van der Waals surface area (Å²) < 4.78 is 29.4. The van der Waals surface area contributed by atoms with Crippen molar-refractivity contribution >= 4 is 39.1 Å². The molecule has 0 heterocycles. The summed E-state index contributed by atoms with van der Waals surface area (Å²) in [7, 11) is -4.16. The summed E-state index contributed by atoms with van der Waals surface area (Å²) in [5.41, 5.74) is 3.79. The van der Waals surface area contributed by atoms with Crippen LogP contribution in [0.5, 0.6) is 0 Å². The van der Waals surface area contributed by atoms with Gasteiger partial charge < -0.3 is 10.2 Å². The summed E-state index contributed by atoms with van der Waals surface area (Å²) in [4.78, 5) is 30.0. The van der Waals surface area contributed by atoms with Crippen molar-refractivity contribution in [3.8, 4) is 0 Å². The van der Waals surface area contributed by atoms with Crippen LogP contribution in [0.2, 0.25) is 5.02 Å². The molecule has 0 saturated heterocycles. The van der Waals surface area contributed by atoms with Crippen LogP contribution < -0.4 is 9.62 Å². The van der Waals surface area contributed by atoms with Crippen LogP contribution >= 0.6 is 11.6 Å². The standard InChI is InChI=1S/C36H40ClN3O4S/c1-5-28(4)38-36(42)34(23-29-10-7-6-8-11-29)39(24-30-12-9-13-31(37)22-30)35(41)25-40(32-18-14-26(2)15-19-32)45(43,44)33-20-16-27(3)17-21-33/h6-22,28,34H,5,23-25H2,1-4H3,(H,38,42)/t28-,34-/m1/s1. The van der Waals surface area contributed by atoms with E-state index in [4.69, 9.17) is 11.6 Å². The first-order valence-corrected chi connectivity index (χ1v) is 16.8. The number of nitrogens with zero attached hydrogens (tertiary/aromatic N) is 2. The Bertz CT molecular complexity index is 1690. The Kier molecular flexibility index (Phi) is 11.4. The third-order valence-corrected chi connectivity index (χ3v) is 9.75. The number of rotatable bonds is 13. The van der Waals surface area contributed by atoms with E-state index in [1.165, 1.54) is 17.0 Å². The van der Waals surface area contributed by atoms with Crippen molar-refractivity contribution in [1.82, 2.24) is 10.2 Å². The summed E-state index contributed by atoms with van der Waals surface area (Å²) in [5.74, 6) is -0.835. The highest BCUT2D eigenvalue weighted by Crippen LogP contribution is 2.26. The second kappa shape index (κ2) is 15.2. The van der Waals surface area contributed by atoms with Crippen LogP contribution in [0.15, 0.2) is 108 Å². The average molecular weight is 646 g/mol. The Hall–Kier alpha value is -4.14. The van der Waals surface area contributed by atoms with Crippen molar-refractivity contribution in [2.24, 2.45) is 0 Å². The zero-order valence-corrected chi connectivity index (χ0v) is 27.7. The van der Waals surface area contributed by atoms with E-state index in [0.29, 0.717) is 22.7 Å². The Morgan fingerprint density at radius 2 is 1.42 bits per heavy atom. The molecule has 0 unspecified atom stereocenters. The molecule has 0 fully saturated rings. The van der Waals surface area contributed by atoms with Crippen molar-refractivity contribution in [3.63, 3.8) is 0 Å². The fourth-order valence-electron chi connectivity index (χ4n) is 4.90. The van der Waals surface area contributed by atoms with Gasteiger partial charge in [-0.1, -0.05) is 96.4 Å². The van der Waals surface area contributed by atoms with Gasteiger partial charge in [-0.05, 0) is 74.7 Å². The number of carbonyl (C=O) groups excluding carboxylic acids is 2. The van der Waals surface area contributed by atoms with Crippen LogP contribution in [0.4, 0.5) is 5.69 Å². The molecule has 0 aliphatic carbocycles. The van der Waals surface area contributed by atoms with Gasteiger partial charge in [-0.3, -0.25) is 13.9 Å². The number of hydrogen-bond donors (Lipinski definition) is 1. The lowest BCUT2D eigenvalue weighted by Crippen LogP contribution is -2.54. The first-order chi connectivity index (χ1) is 21.5. The molecule has 1 N–H and O–H groups in total. The Balaban J connectivity index is 1.80. The SMILES string of the molecule is CC[C@@H](C)NC(=O)[C@@H](Cc1ccccc1)N(Cc1cccc(Cl)c1)C(=O)CN(c1ccc(C)cc1)S(=O)(=O)c1ccc(C)cc1. The van der Waals surface area contributed by atoms with Crippen molar-refractivity contribution in [3.05, 3.63) is 130 Å². The molecule has 0 aliphatic rings. The van der Waals surface area contributed by atoms with Crippen molar-refractivity contribution in [2.75, 3.05) is 10.8 Å². The third kappa shape index (κ3) is 8.96. The minimum Gasteiger partial charge on any atom is -0.352 e. The second-order valence-electron chi connectivity index (χ2n) is 11.3. The number of hydrogen-bond acceptors (Lipinski definition) is 4. The van der Waals surface area contributed by atoms with E-state index in [2.05, 4.69) is 5.32 Å². The largest absolute Gasteiger partial charge is 0.352 e. The molecule has 2 atom stereocenters. The minimum absolute atomic E-state index is 0.0527. The zero-order valence-electron chi connectivity index (χ0n) is 26.1. The number of sulfonamides is 1. The lowest BCUT2D eigenvalue weighted by Gasteiger charge is -2.34. The lowest BCUT2D eigenvalue weighted by atomic mass is 10.0. The second-order valence-corrected chi connectivity index (χ2v) is 13.6. The summed E-state index contributed by atoms with van der Waals surface area (Å²) in [6.45, 7) is 7.21. The number of aryl methyl sites for hydroxylation is 2. The van der Waals surface area contributed by atoms with E-state index in [0.717, 1.165) is 21.0 Å². The van der Waals surface area contributed by atoms with Gasteiger partial charge >= 0.3 is 0 Å². The lowest BCUT2D eigenvalue weighted by molar-refractivity contribution is -0.140. The maximum atomic E-state index is 14.5. The monoisotopic (exact) mass is 645 g/mol. The summed E-state index contributed by atoms with van der Waals surface area (Å²) in [6, 6.07) is 29.0. The normalized spacial score (nSPS) is 12.6. The first kappa shape index (κ1) is 33.7. The fraction of sp³-hybridized carbons (Fsp3) is 0.278. The topological polar surface area (TPSA) is 86.8 Å². The van der Waals surface area contributed by atoms with E-state index in [9.17, 15) is 18.0 Å². The van der Waals surface area contributed by atoms with E-state index in [1.54, 1.807) is 54.6 Å². The van der Waals surface area contributed by atoms with Crippen LogP contribution in [0, 0.1) is 13.8 Å². The van der Waals surface area contributed by atoms with E-state index >= 15 is 0 Å². The molecule has 45 heavy (non-hydrogen) atoms. The maximum absolute atomic E-state index is 14.5. The summed E-state index contributed by atoms with van der Waals surface area (Å²) in [5, 5.41) is 3.54. The molecular weight excluding hydrogens is 606 g/mol. The summed E-state index contributed by atoms with van der Waals surface area (Å²) in [6.07, 6.45) is 0.951. The van der Waals surface area contributed by atoms with Gasteiger partial charge in [0.2, 0.25) is 11.8 Å². The molecule has 0 saturated carbocycles. The van der Waals surface area contributed by atoms with E-state index in [1.807, 2.05) is 64.1 Å². The van der Waals surface area contributed by atoms with Gasteiger partial charge in [-0.25, -0.2) is 8.42 Å². The molecule has 9 heteroatoms. The Morgan fingerprint density at radius 3 is 2.02 bits per heavy atom. The average Bonchev–Trinajstić information content (AvgIpc) is 3.02. The molecule has 7 nitrogen and oxygen atoms in total. The number of anilines is 1. The van der Waals surface area contributed by atoms with Crippen LogP contribution in [-0.2, 0) is 32.6 Å². The quantitative estimate of drug-likeness (QED) is 0.175. The fourth-order valence-corrected chi connectivity index (χ4v) is 6.53. The Morgan fingerprint density at radius 1 is 0.822 bits per heavy atom. The summed E-state index contributed by atoms with van der Waals surface area (Å²) >= 11 is 6.31. The highest BCUT2D eigenvalue weighted by atomic mass is 35.5. The van der Waals surface area contributed by atoms with Crippen molar-refractivity contribution < 1.29 is 18.0 Å². The van der Waals surface area contributed by atoms with Gasteiger partial charge in [0.05, 0.1) is 10.6 Å². The minimum atomic E-state index is -4.16. The van der Waals surface area contributed by atoms with E-state index < -0.39 is 28.5 Å². The maximum Gasteiger partial charge on any atom is 0.264 e. The first-order valence-electron chi connectivity index (χ1n) is 15.0. The molecular formula is C36H40ClN3O4S. The molecule has 0 aliphatic heterocycles. The molecule has 4 aromatic rings. The highest BCUT2D eigenvalue weighted by molar-refractivity contribution is 7.92. The number of benzene rings is 4. The number of carbonyl (C=O) groups is 2. The van der Waals surface area contributed by atoms with Gasteiger partial charge in [0, 0.05) is 24.0 Å². The molecule has 4 rings (SSSR count). The number of halogens is 1. The molecule has 0 radical (unpaired) electrons. The predicted molar refractivity (Wildman–Crippen MR) is 181 cm³/mol. The molecule has 2 amide bonds. The zero-order chi connectivity index (χ0) is 32.6. The van der Waals surface area contributed by atoms with Crippen LogP contribution in [0.25, 0.3) is 0 Å². The van der Waals surface area contributed by atoms with Gasteiger partial charge in [-0.2, -0.15) is 0 Å². The van der Waals surface area contributed by atoms with Crippen molar-refractivity contribution in [2.45, 2.75) is 64.1 Å². The van der Waals surface area contributed by atoms with Crippen molar-refractivity contribution in [1.29, 1.82) is 0 Å². The molecule has 0 spiro atoms. The third-order valence-electron chi connectivity index (χ3n) is 7.72. The van der Waals surface area contributed by atoms with Gasteiger partial charge in [0.25, 0.3) is 10.0 Å². The van der Waals surface area contributed by atoms with Gasteiger partial charge in [0.1, 0.15) is 12.6 Å². The highest BCUT2D eigenvalue weighted by Gasteiger charge is 2.35. The van der Waals surface area contributed by atoms with Crippen LogP contribution in [0.3, 0.4) is 0 Å². The number of amides is 2. The van der Waals surface area contributed by atoms with Gasteiger partial charge in [0.15, 0.2) is 0 Å². The van der Waals surface area contributed by atoms with Gasteiger partial charge in [-0.15, -0.1) is 0 Å². The van der Waals surface area contributed by atoms with Crippen LogP contribution in [-0.4, -0.2) is 43.8 Å². The van der Waals surface area contributed by atoms with Crippen LogP contribution in [0.1, 0.15) is 42.5 Å². The predicted octanol–water partition coefficient (Wildman–Crippen LogP) is 6.71. The Labute approximate surface area is 271 Å². The number of nitrogens with one attached hydrogen (secondary N) is 1. The molecule has 0 aromatic heterocycles. The molecule has 236 valence electrons.